The van der Waals surface area contributed by atoms with Gasteiger partial charge in [0.25, 0.3) is 0 Å². The van der Waals surface area contributed by atoms with Crippen LogP contribution in [0, 0.1) is 25.7 Å². The first kappa shape index (κ1) is 13.2. The fourth-order valence-corrected chi connectivity index (χ4v) is 2.09. The maximum atomic E-state index is 3.26. The molecule has 0 saturated heterocycles. The first-order valence-corrected chi connectivity index (χ1v) is 6.25. The summed E-state index contributed by atoms with van der Waals surface area (Å²) in [5, 5.41) is 3.26. The Hall–Kier alpha value is -0.820. The molecule has 2 atom stereocenters. The Kier molecular flexibility index (Phi) is 5.01. The summed E-state index contributed by atoms with van der Waals surface area (Å²) in [5.74, 6) is 1.46. The quantitative estimate of drug-likeness (QED) is 0.801. The minimum absolute atomic E-state index is 0.727. The van der Waals surface area contributed by atoms with Crippen LogP contribution in [0.1, 0.15) is 30.5 Å². The second-order valence-corrected chi connectivity index (χ2v) is 5.15. The van der Waals surface area contributed by atoms with Gasteiger partial charge >= 0.3 is 0 Å². The molecule has 1 aromatic carbocycles. The molecule has 1 N–H and O–H groups in total. The van der Waals surface area contributed by atoms with E-state index < -0.39 is 0 Å². The molecule has 0 aliphatic rings. The predicted octanol–water partition coefficient (Wildman–Crippen LogP) is 3.34. The van der Waals surface area contributed by atoms with E-state index in [0.29, 0.717) is 0 Å². The van der Waals surface area contributed by atoms with Crippen molar-refractivity contribution < 1.29 is 0 Å². The van der Waals surface area contributed by atoms with E-state index in [-0.39, 0.29) is 0 Å². The van der Waals surface area contributed by atoms with Crippen molar-refractivity contribution in [3.63, 3.8) is 0 Å². The van der Waals surface area contributed by atoms with Gasteiger partial charge in [0.2, 0.25) is 0 Å². The Balaban J connectivity index is 2.68. The van der Waals surface area contributed by atoms with E-state index in [2.05, 4.69) is 51.2 Å². The van der Waals surface area contributed by atoms with E-state index in [4.69, 9.17) is 0 Å². The normalized spacial score (nSPS) is 14.8. The Morgan fingerprint density at radius 3 is 2.44 bits per heavy atom. The Bertz CT molecular complexity index is 330. The molecule has 0 aliphatic heterocycles. The molecule has 0 spiro atoms. The second-order valence-electron chi connectivity index (χ2n) is 5.15. The highest BCUT2D eigenvalue weighted by atomic mass is 14.8. The summed E-state index contributed by atoms with van der Waals surface area (Å²) >= 11 is 0. The number of nitrogens with one attached hydrogen (secondary N) is 1. The van der Waals surface area contributed by atoms with Crippen molar-refractivity contribution in [1.29, 1.82) is 0 Å². The van der Waals surface area contributed by atoms with Gasteiger partial charge in [0.15, 0.2) is 0 Å². The van der Waals surface area contributed by atoms with Crippen molar-refractivity contribution >= 4 is 0 Å². The van der Waals surface area contributed by atoms with Crippen molar-refractivity contribution in [1.82, 2.24) is 5.32 Å². The first-order chi connectivity index (χ1) is 7.54. The molecule has 1 aromatic rings. The third-order valence-electron chi connectivity index (χ3n) is 3.54. The van der Waals surface area contributed by atoms with Crippen LogP contribution in [0.15, 0.2) is 18.2 Å². The minimum Gasteiger partial charge on any atom is -0.319 e. The van der Waals surface area contributed by atoms with Crippen molar-refractivity contribution in [2.75, 3.05) is 13.6 Å². The Labute approximate surface area is 100 Å². The molecule has 0 heterocycles. The molecule has 0 aliphatic carbocycles. The molecule has 0 bridgehead atoms. The minimum atomic E-state index is 0.727. The van der Waals surface area contributed by atoms with Crippen LogP contribution in [0.25, 0.3) is 0 Å². The summed E-state index contributed by atoms with van der Waals surface area (Å²) in [6.07, 6.45) is 1.19. The molecule has 90 valence electrons. The number of hydrogen-bond acceptors (Lipinski definition) is 1. The van der Waals surface area contributed by atoms with Crippen molar-refractivity contribution in [3.8, 4) is 0 Å². The van der Waals surface area contributed by atoms with Crippen LogP contribution in [0.3, 0.4) is 0 Å². The second kappa shape index (κ2) is 6.05. The predicted molar refractivity (Wildman–Crippen MR) is 71.9 cm³/mol. The van der Waals surface area contributed by atoms with Crippen LogP contribution < -0.4 is 5.32 Å². The van der Waals surface area contributed by atoms with Gasteiger partial charge in [0.1, 0.15) is 0 Å². The van der Waals surface area contributed by atoms with Gasteiger partial charge in [-0.15, -0.1) is 0 Å². The molecule has 0 fully saturated rings. The lowest BCUT2D eigenvalue weighted by molar-refractivity contribution is 0.374. The van der Waals surface area contributed by atoms with Gasteiger partial charge in [0.05, 0.1) is 0 Å². The highest BCUT2D eigenvalue weighted by molar-refractivity contribution is 5.30. The summed E-state index contributed by atoms with van der Waals surface area (Å²) in [6, 6.07) is 6.76. The third-order valence-corrected chi connectivity index (χ3v) is 3.54. The summed E-state index contributed by atoms with van der Waals surface area (Å²) < 4.78 is 0. The molecule has 1 nitrogen and oxygen atoms in total. The van der Waals surface area contributed by atoms with Crippen LogP contribution >= 0.6 is 0 Å². The lowest BCUT2D eigenvalue weighted by atomic mass is 9.87. The zero-order valence-corrected chi connectivity index (χ0v) is 11.3. The van der Waals surface area contributed by atoms with Crippen LogP contribution in [-0.4, -0.2) is 13.6 Å². The lowest BCUT2D eigenvalue weighted by Gasteiger charge is -2.20. The van der Waals surface area contributed by atoms with Crippen molar-refractivity contribution in [3.05, 3.63) is 34.9 Å². The van der Waals surface area contributed by atoms with E-state index in [1.165, 1.54) is 23.1 Å². The topological polar surface area (TPSA) is 12.0 Å². The van der Waals surface area contributed by atoms with Crippen LogP contribution in [0.4, 0.5) is 0 Å². The molecule has 16 heavy (non-hydrogen) atoms. The molecule has 0 aromatic heterocycles. The van der Waals surface area contributed by atoms with E-state index in [1.54, 1.807) is 0 Å². The monoisotopic (exact) mass is 219 g/mol. The fourth-order valence-electron chi connectivity index (χ4n) is 2.09. The van der Waals surface area contributed by atoms with Crippen LogP contribution in [0.2, 0.25) is 0 Å². The maximum absolute atomic E-state index is 3.26. The summed E-state index contributed by atoms with van der Waals surface area (Å²) in [4.78, 5) is 0. The molecule has 0 amide bonds. The largest absolute Gasteiger partial charge is 0.319 e. The molecule has 0 saturated carbocycles. The fraction of sp³-hybridized carbons (Fsp3) is 0.600. The van der Waals surface area contributed by atoms with Crippen LogP contribution in [0.5, 0.6) is 0 Å². The molecule has 1 rings (SSSR count). The molecule has 1 heteroatoms. The lowest BCUT2D eigenvalue weighted by Crippen LogP contribution is -2.23. The number of aryl methyl sites for hydroxylation is 2. The number of hydrogen-bond donors (Lipinski definition) is 1. The standard InChI is InChI=1S/C15H25N/c1-11-6-7-12(2)15(8-11)9-13(3)14(4)10-16-5/h6-8,13-14,16H,9-10H2,1-5H3. The molecular weight excluding hydrogens is 194 g/mol. The van der Waals surface area contributed by atoms with Crippen molar-refractivity contribution in [2.24, 2.45) is 11.8 Å². The average Bonchev–Trinajstić information content (AvgIpc) is 2.23. The van der Waals surface area contributed by atoms with Gasteiger partial charge in [0, 0.05) is 0 Å². The molecule has 2 unspecified atom stereocenters. The van der Waals surface area contributed by atoms with Gasteiger partial charge in [-0.1, -0.05) is 37.6 Å². The Morgan fingerprint density at radius 2 is 1.81 bits per heavy atom. The van der Waals surface area contributed by atoms with E-state index >= 15 is 0 Å². The summed E-state index contributed by atoms with van der Waals surface area (Å²) in [7, 11) is 2.03. The highest BCUT2D eigenvalue weighted by Crippen LogP contribution is 2.20. The molecule has 0 radical (unpaired) electrons. The summed E-state index contributed by atoms with van der Waals surface area (Å²) in [6.45, 7) is 10.2. The summed E-state index contributed by atoms with van der Waals surface area (Å²) in [5.41, 5.74) is 4.30. The SMILES string of the molecule is CNCC(C)C(C)Cc1cc(C)ccc1C. The van der Waals surface area contributed by atoms with Gasteiger partial charge in [-0.25, -0.2) is 0 Å². The van der Waals surface area contributed by atoms with Gasteiger partial charge < -0.3 is 5.32 Å². The number of benzene rings is 1. The van der Waals surface area contributed by atoms with Gasteiger partial charge in [-0.2, -0.15) is 0 Å². The van der Waals surface area contributed by atoms with E-state index in [0.717, 1.165) is 18.4 Å². The molecular formula is C15H25N. The third kappa shape index (κ3) is 3.64. The zero-order chi connectivity index (χ0) is 12.1. The van der Waals surface area contributed by atoms with Gasteiger partial charge in [-0.3, -0.25) is 0 Å². The van der Waals surface area contributed by atoms with E-state index in [9.17, 15) is 0 Å². The first-order valence-electron chi connectivity index (χ1n) is 6.25. The Morgan fingerprint density at radius 1 is 1.12 bits per heavy atom. The zero-order valence-electron chi connectivity index (χ0n) is 11.3. The highest BCUT2D eigenvalue weighted by Gasteiger charge is 2.13. The smallest absolute Gasteiger partial charge is 0.00235 e. The van der Waals surface area contributed by atoms with Crippen LogP contribution in [-0.2, 0) is 6.42 Å². The van der Waals surface area contributed by atoms with E-state index in [1.807, 2.05) is 7.05 Å². The maximum Gasteiger partial charge on any atom is -0.00235 e. The van der Waals surface area contributed by atoms with Gasteiger partial charge in [-0.05, 0) is 56.8 Å². The average molecular weight is 219 g/mol. The number of rotatable bonds is 5. The van der Waals surface area contributed by atoms with Crippen molar-refractivity contribution in [2.45, 2.75) is 34.1 Å².